The molecule has 2 aromatic carbocycles. The van der Waals surface area contributed by atoms with Crippen LogP contribution in [-0.4, -0.2) is 36.8 Å². The van der Waals surface area contributed by atoms with E-state index in [0.29, 0.717) is 19.7 Å². The average Bonchev–Trinajstić information content (AvgIpc) is 3.34. The van der Waals surface area contributed by atoms with Crippen molar-refractivity contribution in [1.29, 1.82) is 0 Å². The first kappa shape index (κ1) is 25.2. The Morgan fingerprint density at radius 2 is 2.06 bits per heavy atom. The van der Waals surface area contributed by atoms with Crippen LogP contribution < -0.4 is 15.4 Å². The summed E-state index contributed by atoms with van der Waals surface area (Å²) < 4.78 is 11.8. The molecule has 3 aromatic rings. The van der Waals surface area contributed by atoms with Crippen LogP contribution in [0.5, 0.6) is 5.75 Å². The summed E-state index contributed by atoms with van der Waals surface area (Å²) in [6, 6.07) is 16.6. The van der Waals surface area contributed by atoms with Crippen molar-refractivity contribution in [2.75, 3.05) is 19.8 Å². The fourth-order valence-corrected chi connectivity index (χ4v) is 3.88. The number of nitrogens with one attached hydrogen (secondary N) is 2. The third kappa shape index (κ3) is 7.04. The molecule has 1 aliphatic rings. The van der Waals surface area contributed by atoms with Crippen molar-refractivity contribution in [3.05, 3.63) is 71.5 Å². The Kier molecular flexibility index (Phi) is 9.75. The van der Waals surface area contributed by atoms with Gasteiger partial charge in [-0.3, -0.25) is 4.98 Å². The van der Waals surface area contributed by atoms with Crippen LogP contribution in [0.2, 0.25) is 0 Å². The Morgan fingerprint density at radius 3 is 2.88 bits per heavy atom. The lowest BCUT2D eigenvalue weighted by atomic mass is 10.1. The van der Waals surface area contributed by atoms with E-state index in [1.54, 1.807) is 0 Å². The standard InChI is InChI=1S/C26H32N4O2.HI/c1-3-27-26(30-17-24-23-9-5-4-7-20(23)12-13-28-24)29-16-21-11-10-19(2)15-25(21)32-18-22-8-6-14-31-22;/h4-5,7,9-13,15,22H,3,6,8,14,16-18H2,1-2H3,(H2,27,29,30);1H. The maximum absolute atomic E-state index is 6.13. The molecule has 1 unspecified atom stereocenters. The van der Waals surface area contributed by atoms with Gasteiger partial charge in [0.25, 0.3) is 0 Å². The van der Waals surface area contributed by atoms with Crippen molar-refractivity contribution < 1.29 is 9.47 Å². The number of nitrogens with zero attached hydrogens (tertiary/aromatic N) is 2. The Labute approximate surface area is 213 Å². The number of aromatic nitrogens is 1. The summed E-state index contributed by atoms with van der Waals surface area (Å²) in [5.74, 6) is 1.64. The van der Waals surface area contributed by atoms with E-state index in [0.717, 1.165) is 54.3 Å². The van der Waals surface area contributed by atoms with Crippen LogP contribution in [0.3, 0.4) is 0 Å². The van der Waals surface area contributed by atoms with Gasteiger partial charge in [0, 0.05) is 30.3 Å². The highest BCUT2D eigenvalue weighted by atomic mass is 127. The van der Waals surface area contributed by atoms with Gasteiger partial charge in [-0.1, -0.05) is 36.4 Å². The minimum Gasteiger partial charge on any atom is -0.491 e. The number of guanidine groups is 1. The van der Waals surface area contributed by atoms with E-state index in [2.05, 4.69) is 59.8 Å². The number of benzene rings is 2. The van der Waals surface area contributed by atoms with Crippen LogP contribution in [-0.2, 0) is 17.8 Å². The topological polar surface area (TPSA) is 67.8 Å². The number of hydrogen-bond acceptors (Lipinski definition) is 4. The van der Waals surface area contributed by atoms with E-state index < -0.39 is 0 Å². The van der Waals surface area contributed by atoms with Gasteiger partial charge in [-0.2, -0.15) is 0 Å². The SMILES string of the molecule is CCNC(=NCc1ccc(C)cc1OCC1CCCO1)NCc1nccc2ccccc12.I. The molecule has 6 nitrogen and oxygen atoms in total. The number of ether oxygens (including phenoxy) is 2. The second-order valence-corrected chi connectivity index (χ2v) is 8.08. The van der Waals surface area contributed by atoms with Crippen molar-refractivity contribution in [1.82, 2.24) is 15.6 Å². The van der Waals surface area contributed by atoms with Crippen molar-refractivity contribution in [2.45, 2.75) is 45.9 Å². The van der Waals surface area contributed by atoms with Crippen molar-refractivity contribution in [3.63, 3.8) is 0 Å². The van der Waals surface area contributed by atoms with Gasteiger partial charge in [0.2, 0.25) is 0 Å². The lowest BCUT2D eigenvalue weighted by molar-refractivity contribution is 0.0676. The predicted molar refractivity (Wildman–Crippen MR) is 144 cm³/mol. The van der Waals surface area contributed by atoms with Gasteiger partial charge in [-0.25, -0.2) is 4.99 Å². The van der Waals surface area contributed by atoms with E-state index in [1.165, 1.54) is 10.9 Å². The smallest absolute Gasteiger partial charge is 0.191 e. The van der Waals surface area contributed by atoms with Gasteiger partial charge in [-0.15, -0.1) is 24.0 Å². The Morgan fingerprint density at radius 1 is 1.18 bits per heavy atom. The van der Waals surface area contributed by atoms with Gasteiger partial charge < -0.3 is 20.1 Å². The molecule has 1 fully saturated rings. The molecule has 1 saturated heterocycles. The first-order chi connectivity index (χ1) is 15.7. The van der Waals surface area contributed by atoms with Crippen LogP contribution in [0.4, 0.5) is 0 Å². The zero-order valence-electron chi connectivity index (χ0n) is 19.3. The van der Waals surface area contributed by atoms with Gasteiger partial charge >= 0.3 is 0 Å². The van der Waals surface area contributed by atoms with Crippen LogP contribution in [0.1, 0.15) is 36.6 Å². The lowest BCUT2D eigenvalue weighted by Crippen LogP contribution is -2.37. The summed E-state index contributed by atoms with van der Waals surface area (Å²) in [4.78, 5) is 9.37. The summed E-state index contributed by atoms with van der Waals surface area (Å²) in [6.45, 7) is 7.48. The maximum atomic E-state index is 6.13. The molecule has 2 N–H and O–H groups in total. The molecular formula is C26H33IN4O2. The zero-order valence-corrected chi connectivity index (χ0v) is 21.7. The molecule has 0 aliphatic carbocycles. The number of hydrogen-bond donors (Lipinski definition) is 2. The van der Waals surface area contributed by atoms with E-state index in [4.69, 9.17) is 14.5 Å². The molecule has 0 bridgehead atoms. The van der Waals surface area contributed by atoms with Crippen LogP contribution >= 0.6 is 24.0 Å². The van der Waals surface area contributed by atoms with Crippen LogP contribution in [0.25, 0.3) is 10.8 Å². The fourth-order valence-electron chi connectivity index (χ4n) is 3.88. The minimum absolute atomic E-state index is 0. The summed E-state index contributed by atoms with van der Waals surface area (Å²) in [5.41, 5.74) is 3.24. The molecule has 0 radical (unpaired) electrons. The first-order valence-corrected chi connectivity index (χ1v) is 11.4. The summed E-state index contributed by atoms with van der Waals surface area (Å²) in [5, 5.41) is 9.09. The van der Waals surface area contributed by atoms with E-state index in [1.807, 2.05) is 24.4 Å². The third-order valence-electron chi connectivity index (χ3n) is 5.60. The molecule has 1 atom stereocenters. The Hall–Kier alpha value is -2.39. The second-order valence-electron chi connectivity index (χ2n) is 8.08. The van der Waals surface area contributed by atoms with Crippen molar-refractivity contribution in [3.8, 4) is 5.75 Å². The van der Waals surface area contributed by atoms with E-state index >= 15 is 0 Å². The number of fused-ring (bicyclic) bond motifs is 1. The molecule has 33 heavy (non-hydrogen) atoms. The number of aryl methyl sites for hydroxylation is 1. The van der Waals surface area contributed by atoms with Gasteiger partial charge in [0.15, 0.2) is 5.96 Å². The molecule has 176 valence electrons. The molecule has 7 heteroatoms. The monoisotopic (exact) mass is 560 g/mol. The van der Waals surface area contributed by atoms with E-state index in [9.17, 15) is 0 Å². The molecule has 0 amide bonds. The number of halogens is 1. The second kappa shape index (κ2) is 12.7. The predicted octanol–water partition coefficient (Wildman–Crippen LogP) is 4.97. The minimum atomic E-state index is 0. The lowest BCUT2D eigenvalue weighted by Gasteiger charge is -2.16. The Balaban J connectivity index is 0.00000306. The number of pyridine rings is 1. The average molecular weight is 560 g/mol. The summed E-state index contributed by atoms with van der Waals surface area (Å²) in [6.07, 6.45) is 4.23. The number of rotatable bonds is 8. The van der Waals surface area contributed by atoms with Crippen molar-refractivity contribution in [2.24, 2.45) is 4.99 Å². The van der Waals surface area contributed by atoms with E-state index in [-0.39, 0.29) is 30.1 Å². The third-order valence-corrected chi connectivity index (χ3v) is 5.60. The van der Waals surface area contributed by atoms with Gasteiger partial charge in [0.1, 0.15) is 12.4 Å². The highest BCUT2D eigenvalue weighted by Crippen LogP contribution is 2.23. The van der Waals surface area contributed by atoms with Gasteiger partial charge in [-0.05, 0) is 49.8 Å². The Bertz CT molecular complexity index is 1060. The zero-order chi connectivity index (χ0) is 22.2. The molecule has 4 rings (SSSR count). The van der Waals surface area contributed by atoms with Crippen molar-refractivity contribution >= 4 is 40.7 Å². The van der Waals surface area contributed by atoms with Gasteiger partial charge in [0.05, 0.1) is 24.9 Å². The quantitative estimate of drug-likeness (QED) is 0.231. The fraction of sp³-hybridized carbons (Fsp3) is 0.385. The molecule has 1 aromatic heterocycles. The van der Waals surface area contributed by atoms with Crippen LogP contribution in [0.15, 0.2) is 59.7 Å². The molecule has 0 spiro atoms. The molecule has 0 saturated carbocycles. The highest BCUT2D eigenvalue weighted by molar-refractivity contribution is 14.0. The maximum Gasteiger partial charge on any atom is 0.191 e. The molecule has 2 heterocycles. The van der Waals surface area contributed by atoms with Crippen LogP contribution in [0, 0.1) is 6.92 Å². The first-order valence-electron chi connectivity index (χ1n) is 11.4. The largest absolute Gasteiger partial charge is 0.491 e. The normalized spacial score (nSPS) is 15.8. The molecular weight excluding hydrogens is 527 g/mol. The summed E-state index contributed by atoms with van der Waals surface area (Å²) in [7, 11) is 0. The number of aliphatic imine (C=N–C) groups is 1. The highest BCUT2D eigenvalue weighted by Gasteiger charge is 2.17. The molecule has 1 aliphatic heterocycles. The summed E-state index contributed by atoms with van der Waals surface area (Å²) >= 11 is 0.